The van der Waals surface area contributed by atoms with Crippen molar-refractivity contribution in [2.24, 2.45) is 12.5 Å². The molecule has 0 saturated carbocycles. The molecule has 1 aliphatic carbocycles. The highest BCUT2D eigenvalue weighted by Gasteiger charge is 2.36. The molecule has 1 aliphatic rings. The number of H-pyrrole nitrogens is 1. The highest BCUT2D eigenvalue weighted by atomic mass is 16.5. The third-order valence-corrected chi connectivity index (χ3v) is 5.57. The lowest BCUT2D eigenvalue weighted by molar-refractivity contribution is -0.143. The van der Waals surface area contributed by atoms with E-state index < -0.39 is 28.8 Å². The number of carbonyl (C=O) groups is 1. The van der Waals surface area contributed by atoms with Crippen LogP contribution in [0.3, 0.4) is 0 Å². The van der Waals surface area contributed by atoms with E-state index in [9.17, 15) is 14.4 Å². The Morgan fingerprint density at radius 1 is 1.16 bits per heavy atom. The minimum atomic E-state index is -0.721. The summed E-state index contributed by atoms with van der Waals surface area (Å²) in [5.41, 5.74) is 1.06. The first-order valence-electron chi connectivity index (χ1n) is 10.4. The Hall–Kier alpha value is -3.68. The molecule has 2 atom stereocenters. The van der Waals surface area contributed by atoms with Gasteiger partial charge in [-0.05, 0) is 39.3 Å². The van der Waals surface area contributed by atoms with Crippen LogP contribution in [0.2, 0.25) is 0 Å². The monoisotopic (exact) mass is 434 g/mol. The van der Waals surface area contributed by atoms with E-state index in [1.807, 2.05) is 49.4 Å². The van der Waals surface area contributed by atoms with Crippen molar-refractivity contribution >= 4 is 12.0 Å². The minimum absolute atomic E-state index is 0.295. The van der Waals surface area contributed by atoms with Gasteiger partial charge in [0, 0.05) is 30.3 Å². The first-order chi connectivity index (χ1) is 15.1. The smallest absolute Gasteiger partial charge is 0.347 e. The molecule has 0 bridgehead atoms. The van der Waals surface area contributed by atoms with Gasteiger partial charge >= 0.3 is 17.3 Å². The summed E-state index contributed by atoms with van der Waals surface area (Å²) in [5, 5.41) is 2.66. The third-order valence-electron chi connectivity index (χ3n) is 5.57. The molecule has 1 N–H and O–H groups in total. The average Bonchev–Trinajstić information content (AvgIpc) is 2.99. The number of nitrogens with zero attached hydrogens (tertiary/aromatic N) is 3. The zero-order valence-electron chi connectivity index (χ0n) is 18.7. The third kappa shape index (κ3) is 3.72. The number of carbonyl (C=O) groups excluding carboxylic acids is 1. The second kappa shape index (κ2) is 7.78. The van der Waals surface area contributed by atoms with Crippen LogP contribution in [0.4, 0.5) is 0 Å². The number of ether oxygens (including phenoxy) is 1. The summed E-state index contributed by atoms with van der Waals surface area (Å²) in [6.07, 6.45) is 3.83. The molecule has 0 aliphatic heterocycles. The first-order valence-corrected chi connectivity index (χ1v) is 10.4. The van der Waals surface area contributed by atoms with Crippen molar-refractivity contribution < 1.29 is 9.53 Å². The second-order valence-corrected chi connectivity index (χ2v) is 9.07. The summed E-state index contributed by atoms with van der Waals surface area (Å²) in [6, 6.07) is 10.7. The Kier molecular flexibility index (Phi) is 5.24. The molecule has 0 amide bonds. The number of aryl methyl sites for hydroxylation is 1. The van der Waals surface area contributed by atoms with Gasteiger partial charge < -0.3 is 4.74 Å². The lowest BCUT2D eigenvalue weighted by atomic mass is 9.82. The lowest BCUT2D eigenvalue weighted by Crippen LogP contribution is -2.34. The van der Waals surface area contributed by atoms with Crippen molar-refractivity contribution in [2.45, 2.75) is 39.7 Å². The van der Waals surface area contributed by atoms with E-state index in [2.05, 4.69) is 10.1 Å². The van der Waals surface area contributed by atoms with E-state index in [-0.39, 0.29) is 5.92 Å². The van der Waals surface area contributed by atoms with Gasteiger partial charge in [0.15, 0.2) is 0 Å². The van der Waals surface area contributed by atoms with Gasteiger partial charge in [0.25, 0.3) is 0 Å². The number of benzene rings is 1. The van der Waals surface area contributed by atoms with E-state index in [1.54, 1.807) is 26.8 Å². The van der Waals surface area contributed by atoms with Crippen LogP contribution < -0.4 is 16.1 Å². The molecular formula is C24H26N4O4. The van der Waals surface area contributed by atoms with Crippen LogP contribution >= 0.6 is 0 Å². The zero-order chi connectivity index (χ0) is 23.2. The van der Waals surface area contributed by atoms with Crippen molar-refractivity contribution in [3.63, 3.8) is 0 Å². The first kappa shape index (κ1) is 21.5. The number of nitrogens with one attached hydrogen (secondary N) is 1. The quantitative estimate of drug-likeness (QED) is 0.639. The van der Waals surface area contributed by atoms with E-state index in [4.69, 9.17) is 4.74 Å². The SMILES string of the molecule is Cc1cc(OC(=O)C(C)(C)C)c2c(n1)C=C[C@H](c1ccccc1)[C@H]2n1[nH]c(=O)n(C)c1=O. The zero-order valence-corrected chi connectivity index (χ0v) is 18.7. The van der Waals surface area contributed by atoms with Crippen LogP contribution in [-0.4, -0.2) is 25.3 Å². The average molecular weight is 434 g/mol. The molecule has 3 aromatic rings. The van der Waals surface area contributed by atoms with Crippen molar-refractivity contribution in [2.75, 3.05) is 0 Å². The van der Waals surface area contributed by atoms with Gasteiger partial charge in [0.1, 0.15) is 5.75 Å². The summed E-state index contributed by atoms with van der Waals surface area (Å²) in [6.45, 7) is 7.15. The fourth-order valence-electron chi connectivity index (χ4n) is 3.84. The Morgan fingerprint density at radius 3 is 2.44 bits per heavy atom. The molecule has 2 aromatic heterocycles. The molecule has 1 aromatic carbocycles. The number of pyridine rings is 1. The molecule has 8 nitrogen and oxygen atoms in total. The maximum Gasteiger partial charge on any atom is 0.347 e. The molecule has 4 rings (SSSR count). The van der Waals surface area contributed by atoms with E-state index in [0.717, 1.165) is 10.1 Å². The van der Waals surface area contributed by atoms with Gasteiger partial charge in [-0.15, -0.1) is 0 Å². The molecule has 0 spiro atoms. The summed E-state index contributed by atoms with van der Waals surface area (Å²) in [4.78, 5) is 42.6. The van der Waals surface area contributed by atoms with Crippen molar-refractivity contribution in [3.05, 3.63) is 86.0 Å². The Balaban J connectivity index is 1.99. The number of aromatic nitrogens is 4. The highest BCUT2D eigenvalue weighted by molar-refractivity contribution is 5.79. The molecule has 0 radical (unpaired) electrons. The Bertz CT molecular complexity index is 1320. The molecule has 0 saturated heterocycles. The van der Waals surface area contributed by atoms with Crippen LogP contribution in [0, 0.1) is 12.3 Å². The largest absolute Gasteiger partial charge is 0.426 e. The maximum absolute atomic E-state index is 13.0. The summed E-state index contributed by atoms with van der Waals surface area (Å²) >= 11 is 0. The van der Waals surface area contributed by atoms with Gasteiger partial charge in [-0.2, -0.15) is 0 Å². The number of rotatable bonds is 3. The van der Waals surface area contributed by atoms with Crippen molar-refractivity contribution in [3.8, 4) is 5.75 Å². The maximum atomic E-state index is 13.0. The van der Waals surface area contributed by atoms with Gasteiger partial charge in [-0.25, -0.2) is 23.9 Å². The van der Waals surface area contributed by atoms with Crippen LogP contribution in [0.15, 0.2) is 52.1 Å². The fourth-order valence-corrected chi connectivity index (χ4v) is 3.84. The standard InChI is InChI=1S/C24H26N4O4/c1-14-13-18(32-21(29)24(2,3)4)19-17(25-14)12-11-16(15-9-7-6-8-10-15)20(19)28-23(31)27(5)22(30)26-28/h6-13,16,20H,1-5H3,(H,26,30)/t16-,20-/m1/s1. The Labute approximate surface area is 185 Å². The molecule has 32 heavy (non-hydrogen) atoms. The van der Waals surface area contributed by atoms with E-state index in [0.29, 0.717) is 22.7 Å². The van der Waals surface area contributed by atoms with Crippen LogP contribution in [0.25, 0.3) is 6.08 Å². The summed E-state index contributed by atoms with van der Waals surface area (Å²) in [5.74, 6) is -0.362. The lowest BCUT2D eigenvalue weighted by Gasteiger charge is -2.31. The van der Waals surface area contributed by atoms with E-state index in [1.165, 1.54) is 11.7 Å². The van der Waals surface area contributed by atoms with Crippen LogP contribution in [-0.2, 0) is 11.8 Å². The van der Waals surface area contributed by atoms with Crippen LogP contribution in [0.5, 0.6) is 5.75 Å². The summed E-state index contributed by atoms with van der Waals surface area (Å²) < 4.78 is 8.16. The van der Waals surface area contributed by atoms with Gasteiger partial charge in [-0.3, -0.25) is 9.78 Å². The molecular weight excluding hydrogens is 408 g/mol. The number of esters is 1. The van der Waals surface area contributed by atoms with Gasteiger partial charge in [-0.1, -0.05) is 36.4 Å². The number of hydrogen-bond acceptors (Lipinski definition) is 5. The summed E-state index contributed by atoms with van der Waals surface area (Å²) in [7, 11) is 1.42. The predicted octanol–water partition coefficient (Wildman–Crippen LogP) is 2.93. The number of fused-ring (bicyclic) bond motifs is 1. The van der Waals surface area contributed by atoms with Crippen molar-refractivity contribution in [1.82, 2.24) is 19.3 Å². The number of allylic oxidation sites excluding steroid dienone is 1. The molecule has 8 heteroatoms. The normalized spacial score (nSPS) is 17.8. The van der Waals surface area contributed by atoms with Crippen molar-refractivity contribution in [1.29, 1.82) is 0 Å². The second-order valence-electron chi connectivity index (χ2n) is 9.07. The molecule has 0 fully saturated rings. The Morgan fingerprint density at radius 2 is 1.84 bits per heavy atom. The van der Waals surface area contributed by atoms with E-state index >= 15 is 0 Å². The van der Waals surface area contributed by atoms with Gasteiger partial charge in [0.05, 0.1) is 17.2 Å². The minimum Gasteiger partial charge on any atom is -0.426 e. The topological polar surface area (TPSA) is 99.0 Å². The number of hydrogen-bond donors (Lipinski definition) is 1. The fraction of sp³-hybridized carbons (Fsp3) is 0.333. The van der Waals surface area contributed by atoms with Gasteiger partial charge in [0.2, 0.25) is 0 Å². The molecule has 2 heterocycles. The van der Waals surface area contributed by atoms with Crippen LogP contribution in [0.1, 0.15) is 55.2 Å². The number of aromatic amines is 1. The predicted molar refractivity (Wildman–Crippen MR) is 121 cm³/mol. The molecule has 0 unspecified atom stereocenters. The molecule has 166 valence electrons. The highest BCUT2D eigenvalue weighted by Crippen LogP contribution is 2.44.